The number of benzene rings is 2. The second-order valence-corrected chi connectivity index (χ2v) is 9.64. The van der Waals surface area contributed by atoms with Crippen LogP contribution in [0.15, 0.2) is 58.4 Å². The molecule has 0 aliphatic rings. The first-order chi connectivity index (χ1) is 16.2. The third-order valence-electron chi connectivity index (χ3n) is 5.65. The van der Waals surface area contributed by atoms with Crippen LogP contribution >= 0.6 is 0 Å². The van der Waals surface area contributed by atoms with E-state index in [1.54, 1.807) is 10.9 Å². The Morgan fingerprint density at radius 3 is 2.32 bits per heavy atom. The fourth-order valence-electron chi connectivity index (χ4n) is 4.17. The third kappa shape index (κ3) is 4.92. The average molecular weight is 465 g/mol. The highest BCUT2D eigenvalue weighted by Crippen LogP contribution is 2.20. The van der Waals surface area contributed by atoms with E-state index in [4.69, 9.17) is 4.74 Å². The van der Waals surface area contributed by atoms with Gasteiger partial charge in [-0.25, -0.2) is 9.78 Å². The summed E-state index contributed by atoms with van der Waals surface area (Å²) in [6.07, 6.45) is 0.578. The minimum atomic E-state index is -1.04. The summed E-state index contributed by atoms with van der Waals surface area (Å²) >= 11 is 0. The Hall–Kier alpha value is -3.39. The molecule has 34 heavy (non-hydrogen) atoms. The van der Waals surface area contributed by atoms with E-state index < -0.39 is 17.4 Å². The molecule has 0 bridgehead atoms. The van der Waals surface area contributed by atoms with Crippen molar-refractivity contribution in [3.63, 3.8) is 0 Å². The number of hydrogen-bond acceptors (Lipinski definition) is 5. The largest absolute Gasteiger partial charge is 0.491 e. The van der Waals surface area contributed by atoms with E-state index in [-0.39, 0.29) is 19.1 Å². The molecular weight excluding hydrogens is 432 g/mol. The molecule has 0 fully saturated rings. The summed E-state index contributed by atoms with van der Waals surface area (Å²) in [7, 11) is 0. The Bertz CT molecular complexity index is 1410. The Kier molecular flexibility index (Phi) is 6.88. The molecule has 0 radical (unpaired) electrons. The number of imidazole rings is 1. The van der Waals surface area contributed by atoms with Crippen molar-refractivity contribution in [2.24, 2.45) is 11.8 Å². The lowest BCUT2D eigenvalue weighted by Gasteiger charge is -2.17. The number of ether oxygens (including phenoxy) is 1. The first-order valence-electron chi connectivity index (χ1n) is 11.7. The minimum absolute atomic E-state index is 0.0440. The molecule has 8 nitrogen and oxygen atoms in total. The molecule has 2 aromatic carbocycles. The zero-order chi connectivity index (χ0) is 24.4. The molecule has 0 saturated carbocycles. The SMILES string of the molecule is CC(C)Cn1cnc2c1c(=O)n(C[C@@H](O)COc1ccc3ccccc3c1)c(=O)n2CC(C)C. The summed E-state index contributed by atoms with van der Waals surface area (Å²) in [4.78, 5) is 31.0. The summed E-state index contributed by atoms with van der Waals surface area (Å²) in [6.45, 7) is 8.96. The van der Waals surface area contributed by atoms with Gasteiger partial charge in [0.15, 0.2) is 11.2 Å². The minimum Gasteiger partial charge on any atom is -0.491 e. The van der Waals surface area contributed by atoms with Gasteiger partial charge in [-0.15, -0.1) is 0 Å². The predicted octanol–water partition coefficient (Wildman–Crippen LogP) is 3.26. The highest BCUT2D eigenvalue weighted by atomic mass is 16.5. The summed E-state index contributed by atoms with van der Waals surface area (Å²) in [5.41, 5.74) is -0.132. The van der Waals surface area contributed by atoms with Crippen molar-refractivity contribution in [2.45, 2.75) is 53.4 Å². The van der Waals surface area contributed by atoms with Gasteiger partial charge < -0.3 is 14.4 Å². The van der Waals surface area contributed by atoms with Crippen LogP contribution in [0, 0.1) is 11.8 Å². The normalized spacial score (nSPS) is 12.8. The van der Waals surface area contributed by atoms with Gasteiger partial charge in [0, 0.05) is 13.1 Å². The molecule has 0 aliphatic heterocycles. The Morgan fingerprint density at radius 2 is 1.62 bits per heavy atom. The van der Waals surface area contributed by atoms with Crippen LogP contribution in [-0.2, 0) is 19.6 Å². The van der Waals surface area contributed by atoms with Gasteiger partial charge in [-0.2, -0.15) is 0 Å². The maximum absolute atomic E-state index is 13.3. The van der Waals surface area contributed by atoms with E-state index in [2.05, 4.69) is 18.8 Å². The van der Waals surface area contributed by atoms with E-state index in [0.29, 0.717) is 35.9 Å². The lowest BCUT2D eigenvalue weighted by molar-refractivity contribution is 0.0902. The van der Waals surface area contributed by atoms with Crippen molar-refractivity contribution in [3.05, 3.63) is 69.6 Å². The van der Waals surface area contributed by atoms with E-state index in [0.717, 1.165) is 15.3 Å². The van der Waals surface area contributed by atoms with Gasteiger partial charge in [0.1, 0.15) is 18.5 Å². The van der Waals surface area contributed by atoms with Crippen molar-refractivity contribution >= 4 is 21.9 Å². The predicted molar refractivity (Wildman–Crippen MR) is 133 cm³/mol. The second kappa shape index (κ2) is 9.85. The summed E-state index contributed by atoms with van der Waals surface area (Å²) in [5, 5.41) is 12.8. The molecule has 180 valence electrons. The molecule has 1 N–H and O–H groups in total. The quantitative estimate of drug-likeness (QED) is 0.411. The van der Waals surface area contributed by atoms with Gasteiger partial charge in [-0.1, -0.05) is 58.0 Å². The molecule has 2 aromatic heterocycles. The zero-order valence-electron chi connectivity index (χ0n) is 20.1. The summed E-state index contributed by atoms with van der Waals surface area (Å²) in [5.74, 6) is 1.10. The molecule has 0 amide bonds. The van der Waals surface area contributed by atoms with Crippen LogP contribution in [0.5, 0.6) is 5.75 Å². The molecule has 0 saturated heterocycles. The molecule has 1 atom stereocenters. The van der Waals surface area contributed by atoms with E-state index in [1.165, 1.54) is 4.57 Å². The monoisotopic (exact) mass is 464 g/mol. The van der Waals surface area contributed by atoms with Gasteiger partial charge in [-0.05, 0) is 34.7 Å². The van der Waals surface area contributed by atoms with E-state index in [9.17, 15) is 14.7 Å². The van der Waals surface area contributed by atoms with Crippen LogP contribution in [0.4, 0.5) is 0 Å². The van der Waals surface area contributed by atoms with Gasteiger partial charge in [0.25, 0.3) is 5.56 Å². The topological polar surface area (TPSA) is 91.3 Å². The number of aliphatic hydroxyl groups is 1. The molecule has 8 heteroatoms. The van der Waals surface area contributed by atoms with Crippen molar-refractivity contribution < 1.29 is 9.84 Å². The number of nitrogens with zero attached hydrogens (tertiary/aromatic N) is 4. The van der Waals surface area contributed by atoms with Gasteiger partial charge >= 0.3 is 5.69 Å². The fraction of sp³-hybridized carbons (Fsp3) is 0.423. The van der Waals surface area contributed by atoms with Crippen molar-refractivity contribution in [1.82, 2.24) is 18.7 Å². The van der Waals surface area contributed by atoms with Crippen molar-refractivity contribution in [3.8, 4) is 5.75 Å². The third-order valence-corrected chi connectivity index (χ3v) is 5.65. The van der Waals surface area contributed by atoms with Crippen LogP contribution in [-0.4, -0.2) is 36.5 Å². The van der Waals surface area contributed by atoms with Crippen LogP contribution in [0.2, 0.25) is 0 Å². The Labute approximate surface area is 198 Å². The lowest BCUT2D eigenvalue weighted by atomic mass is 10.1. The smallest absolute Gasteiger partial charge is 0.332 e. The number of fused-ring (bicyclic) bond motifs is 2. The Morgan fingerprint density at radius 1 is 0.912 bits per heavy atom. The van der Waals surface area contributed by atoms with E-state index in [1.807, 2.05) is 56.3 Å². The number of rotatable bonds is 9. The maximum atomic E-state index is 13.3. The average Bonchev–Trinajstić information content (AvgIpc) is 3.20. The van der Waals surface area contributed by atoms with Crippen LogP contribution < -0.4 is 16.0 Å². The van der Waals surface area contributed by atoms with Crippen LogP contribution in [0.3, 0.4) is 0 Å². The zero-order valence-corrected chi connectivity index (χ0v) is 20.1. The molecule has 4 rings (SSSR count). The first kappa shape index (κ1) is 23.8. The highest BCUT2D eigenvalue weighted by molar-refractivity contribution is 5.83. The molecule has 0 unspecified atom stereocenters. The van der Waals surface area contributed by atoms with Gasteiger partial charge in [-0.3, -0.25) is 13.9 Å². The number of aliphatic hydroxyl groups excluding tert-OH is 1. The van der Waals surface area contributed by atoms with E-state index >= 15 is 0 Å². The highest BCUT2D eigenvalue weighted by Gasteiger charge is 2.21. The first-order valence-corrected chi connectivity index (χ1v) is 11.7. The second-order valence-electron chi connectivity index (χ2n) is 9.64. The van der Waals surface area contributed by atoms with Crippen molar-refractivity contribution in [1.29, 1.82) is 0 Å². The molecule has 0 spiro atoms. The van der Waals surface area contributed by atoms with Crippen molar-refractivity contribution in [2.75, 3.05) is 6.61 Å². The van der Waals surface area contributed by atoms with Crippen LogP contribution in [0.1, 0.15) is 27.7 Å². The fourth-order valence-corrected chi connectivity index (χ4v) is 4.17. The summed E-state index contributed by atoms with van der Waals surface area (Å²) in [6, 6.07) is 13.6. The Balaban J connectivity index is 1.62. The number of hydrogen-bond donors (Lipinski definition) is 1. The summed E-state index contributed by atoms with van der Waals surface area (Å²) < 4.78 is 10.2. The number of aromatic nitrogens is 4. The van der Waals surface area contributed by atoms with Gasteiger partial charge in [0.2, 0.25) is 0 Å². The lowest BCUT2D eigenvalue weighted by Crippen LogP contribution is -2.44. The van der Waals surface area contributed by atoms with Gasteiger partial charge in [0.05, 0.1) is 12.9 Å². The molecule has 2 heterocycles. The standard InChI is InChI=1S/C26H32N4O4/c1-17(2)12-28-16-27-24-23(28)25(32)30(26(33)29(24)13-18(3)4)14-21(31)15-34-22-10-9-19-7-5-6-8-20(19)11-22/h5-11,16-18,21,31H,12-15H2,1-4H3/t21-/m1/s1. The molecule has 4 aromatic rings. The molecular formula is C26H32N4O4. The maximum Gasteiger partial charge on any atom is 0.332 e. The molecule has 0 aliphatic carbocycles. The van der Waals surface area contributed by atoms with Crippen LogP contribution in [0.25, 0.3) is 21.9 Å².